The van der Waals surface area contributed by atoms with E-state index in [0.29, 0.717) is 6.07 Å². The molecule has 12 heteroatoms. The lowest BCUT2D eigenvalue weighted by Crippen LogP contribution is -2.39. The first-order chi connectivity index (χ1) is 13.6. The Kier molecular flexibility index (Phi) is 5.60. The first-order valence-corrected chi connectivity index (χ1v) is 8.37. The number of hydrogen-bond donors (Lipinski definition) is 2. The van der Waals surface area contributed by atoms with Gasteiger partial charge in [-0.2, -0.15) is 13.2 Å². The van der Waals surface area contributed by atoms with Gasteiger partial charge in [-0.15, -0.1) is 0 Å². The van der Waals surface area contributed by atoms with E-state index in [4.69, 9.17) is 16.3 Å². The van der Waals surface area contributed by atoms with Crippen LogP contribution in [0.1, 0.15) is 23.0 Å². The van der Waals surface area contributed by atoms with Crippen LogP contribution in [0.25, 0.3) is 0 Å². The second-order valence-corrected chi connectivity index (χ2v) is 6.36. The van der Waals surface area contributed by atoms with E-state index in [1.165, 1.54) is 6.07 Å². The van der Waals surface area contributed by atoms with Gasteiger partial charge in [0, 0.05) is 0 Å². The van der Waals surface area contributed by atoms with Gasteiger partial charge >= 0.3 is 12.3 Å². The lowest BCUT2D eigenvalue weighted by Gasteiger charge is -2.21. The molecule has 1 saturated heterocycles. The highest BCUT2D eigenvalue weighted by Crippen LogP contribution is 2.32. The number of carbonyl (C=O) groups is 2. The molecule has 2 amide bonds. The summed E-state index contributed by atoms with van der Waals surface area (Å²) in [6.45, 7) is -0.161. The maximum atomic E-state index is 13.6. The number of halogens is 6. The topological polar surface area (TPSA) is 80.3 Å². The van der Waals surface area contributed by atoms with Crippen LogP contribution in [-0.2, 0) is 15.7 Å². The standard InChI is InChI=1S/C17H11ClF5N3O3/c18-8-5-7(1-2-9(8)19)13(26-15(27)12-6-24-16(28)29-12)11-4-3-10(20)14(25-11)17(21,22)23/h1-5,12-13H,6H2,(H,24,28)(H,26,27). The van der Waals surface area contributed by atoms with Crippen molar-refractivity contribution in [2.24, 2.45) is 0 Å². The van der Waals surface area contributed by atoms with Crippen molar-refractivity contribution in [3.8, 4) is 0 Å². The molecule has 2 atom stereocenters. The third-order valence-corrected chi connectivity index (χ3v) is 4.26. The molecule has 2 unspecified atom stereocenters. The van der Waals surface area contributed by atoms with Crippen LogP contribution in [0, 0.1) is 11.6 Å². The lowest BCUT2D eigenvalue weighted by molar-refractivity contribution is -0.143. The number of aromatic nitrogens is 1. The van der Waals surface area contributed by atoms with Crippen molar-refractivity contribution < 1.29 is 36.3 Å². The average molecular weight is 436 g/mol. The molecule has 1 aliphatic heterocycles. The minimum absolute atomic E-state index is 0.0780. The van der Waals surface area contributed by atoms with Gasteiger partial charge in [0.25, 0.3) is 5.91 Å². The fourth-order valence-electron chi connectivity index (χ4n) is 2.61. The molecule has 1 aromatic heterocycles. The van der Waals surface area contributed by atoms with Crippen LogP contribution in [0.2, 0.25) is 5.02 Å². The summed E-state index contributed by atoms with van der Waals surface area (Å²) in [5, 5.41) is 4.26. The van der Waals surface area contributed by atoms with Gasteiger partial charge in [-0.3, -0.25) is 4.79 Å². The third kappa shape index (κ3) is 4.56. The van der Waals surface area contributed by atoms with Crippen molar-refractivity contribution in [3.63, 3.8) is 0 Å². The average Bonchev–Trinajstić information content (AvgIpc) is 3.08. The first-order valence-electron chi connectivity index (χ1n) is 7.99. The van der Waals surface area contributed by atoms with Crippen LogP contribution in [0.15, 0.2) is 30.3 Å². The largest absolute Gasteiger partial charge is 0.436 e. The summed E-state index contributed by atoms with van der Waals surface area (Å²) < 4.78 is 70.9. The summed E-state index contributed by atoms with van der Waals surface area (Å²) in [5.41, 5.74) is -2.09. The van der Waals surface area contributed by atoms with E-state index in [0.717, 1.165) is 18.2 Å². The Morgan fingerprint density at radius 3 is 2.52 bits per heavy atom. The fraction of sp³-hybridized carbons (Fsp3) is 0.235. The van der Waals surface area contributed by atoms with Gasteiger partial charge in [0.05, 0.1) is 23.3 Å². The van der Waals surface area contributed by atoms with Crippen LogP contribution in [0.3, 0.4) is 0 Å². The molecule has 6 nitrogen and oxygen atoms in total. The molecule has 2 heterocycles. The second kappa shape index (κ2) is 7.82. The zero-order chi connectivity index (χ0) is 21.3. The van der Waals surface area contributed by atoms with Crippen molar-refractivity contribution in [3.05, 3.63) is 63.9 Å². The molecule has 1 aromatic carbocycles. The van der Waals surface area contributed by atoms with E-state index in [9.17, 15) is 31.5 Å². The molecule has 0 aliphatic carbocycles. The van der Waals surface area contributed by atoms with Gasteiger partial charge in [0.15, 0.2) is 17.6 Å². The van der Waals surface area contributed by atoms with Gasteiger partial charge < -0.3 is 15.4 Å². The van der Waals surface area contributed by atoms with E-state index < -0.39 is 47.7 Å². The van der Waals surface area contributed by atoms with Crippen molar-refractivity contribution in [2.75, 3.05) is 6.54 Å². The highest BCUT2D eigenvalue weighted by Gasteiger charge is 2.38. The molecule has 1 fully saturated rings. The molecule has 2 N–H and O–H groups in total. The molecular formula is C17H11ClF5N3O3. The van der Waals surface area contributed by atoms with E-state index in [-0.39, 0.29) is 22.8 Å². The number of amides is 2. The Morgan fingerprint density at radius 1 is 1.24 bits per heavy atom. The summed E-state index contributed by atoms with van der Waals surface area (Å²) >= 11 is 5.73. The molecule has 1 aliphatic rings. The zero-order valence-corrected chi connectivity index (χ0v) is 14.9. The van der Waals surface area contributed by atoms with E-state index in [2.05, 4.69) is 15.6 Å². The summed E-state index contributed by atoms with van der Waals surface area (Å²) in [6, 6.07) is 3.32. The van der Waals surface area contributed by atoms with Crippen LogP contribution >= 0.6 is 11.6 Å². The summed E-state index contributed by atoms with van der Waals surface area (Å²) in [4.78, 5) is 26.8. The number of carbonyl (C=O) groups excluding carboxylic acids is 2. The Bertz CT molecular complexity index is 970. The van der Waals surface area contributed by atoms with Crippen molar-refractivity contribution in [2.45, 2.75) is 18.3 Å². The Morgan fingerprint density at radius 2 is 1.93 bits per heavy atom. The normalized spacial score (nSPS) is 17.4. The van der Waals surface area contributed by atoms with Gasteiger partial charge in [-0.25, -0.2) is 18.6 Å². The number of pyridine rings is 1. The number of alkyl carbamates (subject to hydrolysis) is 1. The highest BCUT2D eigenvalue weighted by molar-refractivity contribution is 6.30. The highest BCUT2D eigenvalue weighted by atomic mass is 35.5. The molecule has 0 radical (unpaired) electrons. The molecule has 154 valence electrons. The minimum atomic E-state index is -5.08. The van der Waals surface area contributed by atoms with E-state index in [1.807, 2.05) is 0 Å². The van der Waals surface area contributed by atoms with Gasteiger partial charge in [-0.05, 0) is 29.8 Å². The Labute approximate surface area is 165 Å². The van der Waals surface area contributed by atoms with Crippen LogP contribution in [0.5, 0.6) is 0 Å². The Hall–Kier alpha value is -2.95. The fourth-order valence-corrected chi connectivity index (χ4v) is 2.80. The number of nitrogens with one attached hydrogen (secondary N) is 2. The van der Waals surface area contributed by atoms with Gasteiger partial charge in [0.1, 0.15) is 5.82 Å². The SMILES string of the molecule is O=C1NCC(C(=O)NC(c2ccc(F)c(Cl)c2)c2ccc(F)c(C(F)(F)F)n2)O1. The van der Waals surface area contributed by atoms with Crippen molar-refractivity contribution >= 4 is 23.6 Å². The molecule has 2 aromatic rings. The predicted octanol–water partition coefficient (Wildman–Crippen LogP) is 3.35. The molecular weight excluding hydrogens is 425 g/mol. The number of hydrogen-bond acceptors (Lipinski definition) is 4. The second-order valence-electron chi connectivity index (χ2n) is 5.95. The van der Waals surface area contributed by atoms with Crippen LogP contribution < -0.4 is 10.6 Å². The van der Waals surface area contributed by atoms with Gasteiger partial charge in [-0.1, -0.05) is 17.7 Å². The molecule has 0 bridgehead atoms. The lowest BCUT2D eigenvalue weighted by atomic mass is 10.0. The minimum Gasteiger partial charge on any atom is -0.434 e. The maximum absolute atomic E-state index is 13.6. The number of nitrogens with zero attached hydrogens (tertiary/aromatic N) is 1. The van der Waals surface area contributed by atoms with Crippen LogP contribution in [-0.4, -0.2) is 29.6 Å². The van der Waals surface area contributed by atoms with Crippen LogP contribution in [0.4, 0.5) is 26.7 Å². The summed E-state index contributed by atoms with van der Waals surface area (Å²) in [7, 11) is 0. The number of alkyl halides is 3. The van der Waals surface area contributed by atoms with Crippen molar-refractivity contribution in [1.29, 1.82) is 0 Å². The maximum Gasteiger partial charge on any atom is 0.436 e. The summed E-state index contributed by atoms with van der Waals surface area (Å²) in [6.07, 6.45) is -7.17. The predicted molar refractivity (Wildman–Crippen MR) is 88.9 cm³/mol. The first kappa shape index (κ1) is 20.8. The monoisotopic (exact) mass is 435 g/mol. The molecule has 0 saturated carbocycles. The van der Waals surface area contributed by atoms with Gasteiger partial charge in [0.2, 0.25) is 0 Å². The molecule has 29 heavy (non-hydrogen) atoms. The quantitative estimate of drug-likeness (QED) is 0.722. The third-order valence-electron chi connectivity index (χ3n) is 3.97. The number of benzene rings is 1. The molecule has 3 rings (SSSR count). The molecule has 0 spiro atoms. The van der Waals surface area contributed by atoms with E-state index in [1.54, 1.807) is 0 Å². The Balaban J connectivity index is 2.02. The zero-order valence-electron chi connectivity index (χ0n) is 14.2. The summed E-state index contributed by atoms with van der Waals surface area (Å²) in [5.74, 6) is -3.25. The van der Waals surface area contributed by atoms with E-state index >= 15 is 0 Å². The number of cyclic esters (lactones) is 1. The smallest absolute Gasteiger partial charge is 0.434 e. The van der Waals surface area contributed by atoms with Crippen molar-refractivity contribution in [1.82, 2.24) is 15.6 Å². The number of ether oxygens (including phenoxy) is 1. The number of rotatable bonds is 4.